The van der Waals surface area contributed by atoms with Crippen molar-refractivity contribution in [1.82, 2.24) is 0 Å². The Balaban J connectivity index is 3.98. The predicted molar refractivity (Wildman–Crippen MR) is 50.7 cm³/mol. The highest BCUT2D eigenvalue weighted by molar-refractivity contribution is 5.70. The maximum absolute atomic E-state index is 5.73. The molecule has 0 saturated carbocycles. The van der Waals surface area contributed by atoms with Gasteiger partial charge >= 0.3 is 0 Å². The van der Waals surface area contributed by atoms with Crippen molar-refractivity contribution in [2.24, 2.45) is 10.7 Å². The fourth-order valence-electron chi connectivity index (χ4n) is 0.639. The summed E-state index contributed by atoms with van der Waals surface area (Å²) in [5.41, 5.74) is 6.83. The maximum atomic E-state index is 5.73. The molecule has 1 atom stereocenters. The van der Waals surface area contributed by atoms with Crippen molar-refractivity contribution in [2.45, 2.75) is 26.3 Å². The maximum Gasteiger partial charge on any atom is 0.0272 e. The molecule has 2 nitrogen and oxygen atoms in total. The second-order valence-electron chi connectivity index (χ2n) is 2.42. The van der Waals surface area contributed by atoms with E-state index >= 15 is 0 Å². The first kappa shape index (κ1) is 10.1. The molecule has 0 amide bonds. The monoisotopic (exact) mass is 152 g/mol. The van der Waals surface area contributed by atoms with E-state index in [0.717, 1.165) is 12.0 Å². The van der Waals surface area contributed by atoms with Crippen LogP contribution in [0.1, 0.15) is 20.3 Å². The minimum absolute atomic E-state index is 0.136. The molecule has 2 N–H and O–H groups in total. The Morgan fingerprint density at radius 3 is 2.82 bits per heavy atom. The lowest BCUT2D eigenvalue weighted by Gasteiger charge is -2.06. The number of allylic oxidation sites excluding steroid dienone is 1. The minimum Gasteiger partial charge on any atom is -0.324 e. The van der Waals surface area contributed by atoms with Crippen LogP contribution in [0.2, 0.25) is 0 Å². The molecule has 0 aromatic heterocycles. The summed E-state index contributed by atoms with van der Waals surface area (Å²) in [5.74, 6) is 0. The van der Waals surface area contributed by atoms with Crippen molar-refractivity contribution < 1.29 is 0 Å². The van der Waals surface area contributed by atoms with Gasteiger partial charge in [0.05, 0.1) is 0 Å². The number of nitrogens with zero attached hydrogens (tertiary/aromatic N) is 1. The molecule has 0 aromatic rings. The molecule has 0 rings (SSSR count). The Kier molecular flexibility index (Phi) is 5.39. The Labute approximate surface area is 68.5 Å². The third kappa shape index (κ3) is 4.51. The van der Waals surface area contributed by atoms with Gasteiger partial charge in [0.2, 0.25) is 0 Å². The second-order valence-corrected chi connectivity index (χ2v) is 2.42. The fourth-order valence-corrected chi connectivity index (χ4v) is 0.639. The summed E-state index contributed by atoms with van der Waals surface area (Å²) in [6.07, 6.45) is 6.01. The molecule has 0 aromatic carbocycles. The summed E-state index contributed by atoms with van der Waals surface area (Å²) in [6, 6.07) is 0.136. The summed E-state index contributed by atoms with van der Waals surface area (Å²) in [6.45, 7) is 7.55. The van der Waals surface area contributed by atoms with Gasteiger partial charge in [-0.05, 0) is 18.9 Å². The SMILES string of the molecule is C=CC=N/C=C(\C)C(N)CC. The van der Waals surface area contributed by atoms with E-state index in [9.17, 15) is 0 Å². The van der Waals surface area contributed by atoms with E-state index in [4.69, 9.17) is 5.73 Å². The summed E-state index contributed by atoms with van der Waals surface area (Å²) in [4.78, 5) is 3.97. The van der Waals surface area contributed by atoms with Gasteiger partial charge in [-0.1, -0.05) is 19.6 Å². The Morgan fingerprint density at radius 2 is 2.36 bits per heavy atom. The highest BCUT2D eigenvalue weighted by Crippen LogP contribution is 2.01. The Hall–Kier alpha value is -0.890. The van der Waals surface area contributed by atoms with Crippen LogP contribution in [0.4, 0.5) is 0 Å². The first-order chi connectivity index (χ1) is 5.22. The number of nitrogens with two attached hydrogens (primary N) is 1. The topological polar surface area (TPSA) is 38.4 Å². The van der Waals surface area contributed by atoms with Gasteiger partial charge in [-0.15, -0.1) is 0 Å². The van der Waals surface area contributed by atoms with Crippen LogP contribution < -0.4 is 5.73 Å². The van der Waals surface area contributed by atoms with Gasteiger partial charge in [0, 0.05) is 18.5 Å². The smallest absolute Gasteiger partial charge is 0.0272 e. The highest BCUT2D eigenvalue weighted by Gasteiger charge is 1.98. The van der Waals surface area contributed by atoms with Gasteiger partial charge in [0.25, 0.3) is 0 Å². The van der Waals surface area contributed by atoms with Crippen LogP contribution in [-0.2, 0) is 0 Å². The molecule has 11 heavy (non-hydrogen) atoms. The largest absolute Gasteiger partial charge is 0.324 e. The first-order valence-corrected chi connectivity index (χ1v) is 3.78. The first-order valence-electron chi connectivity index (χ1n) is 3.78. The Morgan fingerprint density at radius 1 is 1.73 bits per heavy atom. The van der Waals surface area contributed by atoms with Crippen LogP contribution in [-0.4, -0.2) is 12.3 Å². The van der Waals surface area contributed by atoms with Gasteiger partial charge in [-0.3, -0.25) is 4.99 Å². The summed E-state index contributed by atoms with van der Waals surface area (Å²) >= 11 is 0. The molecule has 0 aliphatic rings. The number of hydrogen-bond donors (Lipinski definition) is 1. The van der Waals surface area contributed by atoms with Gasteiger partial charge in [0.15, 0.2) is 0 Å². The lowest BCUT2D eigenvalue weighted by Crippen LogP contribution is -2.19. The zero-order valence-corrected chi connectivity index (χ0v) is 7.25. The summed E-state index contributed by atoms with van der Waals surface area (Å²) in [7, 11) is 0. The van der Waals surface area contributed by atoms with E-state index in [1.54, 1.807) is 18.5 Å². The van der Waals surface area contributed by atoms with Crippen molar-refractivity contribution in [1.29, 1.82) is 0 Å². The van der Waals surface area contributed by atoms with E-state index in [2.05, 4.69) is 18.5 Å². The fraction of sp³-hybridized carbons (Fsp3) is 0.444. The van der Waals surface area contributed by atoms with Crippen LogP contribution in [0.3, 0.4) is 0 Å². The summed E-state index contributed by atoms with van der Waals surface area (Å²) in [5, 5.41) is 0. The second kappa shape index (κ2) is 5.86. The molecular formula is C9H16N2. The van der Waals surface area contributed by atoms with Crippen LogP contribution in [0.25, 0.3) is 0 Å². The van der Waals surface area contributed by atoms with E-state index < -0.39 is 0 Å². The lowest BCUT2D eigenvalue weighted by atomic mass is 10.1. The molecule has 0 aliphatic carbocycles. The van der Waals surface area contributed by atoms with Crippen molar-refractivity contribution in [3.63, 3.8) is 0 Å². The van der Waals surface area contributed by atoms with E-state index in [1.807, 2.05) is 6.92 Å². The number of hydrogen-bond acceptors (Lipinski definition) is 2. The molecule has 0 bridgehead atoms. The van der Waals surface area contributed by atoms with Crippen LogP contribution in [0.5, 0.6) is 0 Å². The van der Waals surface area contributed by atoms with E-state index in [0.29, 0.717) is 0 Å². The van der Waals surface area contributed by atoms with Crippen molar-refractivity contribution in [2.75, 3.05) is 0 Å². The molecule has 1 unspecified atom stereocenters. The molecule has 0 radical (unpaired) electrons. The van der Waals surface area contributed by atoms with Gasteiger partial charge in [0.1, 0.15) is 0 Å². The quantitative estimate of drug-likeness (QED) is 0.614. The van der Waals surface area contributed by atoms with E-state index in [1.165, 1.54) is 0 Å². The van der Waals surface area contributed by atoms with Gasteiger partial charge in [-0.25, -0.2) is 0 Å². The molecular weight excluding hydrogens is 136 g/mol. The third-order valence-electron chi connectivity index (χ3n) is 1.49. The van der Waals surface area contributed by atoms with Crippen LogP contribution >= 0.6 is 0 Å². The molecule has 2 heteroatoms. The van der Waals surface area contributed by atoms with Crippen molar-refractivity contribution in [3.05, 3.63) is 24.4 Å². The van der Waals surface area contributed by atoms with Crippen LogP contribution in [0.15, 0.2) is 29.4 Å². The molecule has 62 valence electrons. The normalized spacial score (nSPS) is 15.4. The summed E-state index contributed by atoms with van der Waals surface area (Å²) < 4.78 is 0. The molecule has 0 aliphatic heterocycles. The van der Waals surface area contributed by atoms with Crippen LogP contribution in [0, 0.1) is 0 Å². The Bertz CT molecular complexity index is 168. The molecule has 0 fully saturated rings. The zero-order valence-electron chi connectivity index (χ0n) is 7.25. The molecule has 0 heterocycles. The lowest BCUT2D eigenvalue weighted by molar-refractivity contribution is 0.737. The van der Waals surface area contributed by atoms with Crippen molar-refractivity contribution >= 4 is 6.21 Å². The molecule has 0 spiro atoms. The average Bonchev–Trinajstić information content (AvgIpc) is 2.03. The predicted octanol–water partition coefficient (Wildman–Crippen LogP) is 1.88. The van der Waals surface area contributed by atoms with Gasteiger partial charge in [-0.2, -0.15) is 0 Å². The molecule has 0 saturated heterocycles. The number of aliphatic imine (C=N–C) groups is 1. The third-order valence-corrected chi connectivity index (χ3v) is 1.49. The zero-order chi connectivity index (χ0) is 8.69. The number of rotatable bonds is 4. The highest BCUT2D eigenvalue weighted by atomic mass is 14.7. The van der Waals surface area contributed by atoms with Gasteiger partial charge < -0.3 is 5.73 Å². The van der Waals surface area contributed by atoms with E-state index in [-0.39, 0.29) is 6.04 Å². The van der Waals surface area contributed by atoms with Crippen molar-refractivity contribution in [3.8, 4) is 0 Å². The standard InChI is InChI=1S/C9H16N2/c1-4-6-11-7-8(3)9(10)5-2/h4,6-7,9H,1,5,10H2,2-3H3/b8-7+,11-6?. The minimum atomic E-state index is 0.136. The average molecular weight is 152 g/mol.